The van der Waals surface area contributed by atoms with Crippen LogP contribution in [0.5, 0.6) is 0 Å². The highest BCUT2D eigenvalue weighted by Gasteiger charge is 2.41. The number of alkyl halides is 6. The van der Waals surface area contributed by atoms with Crippen molar-refractivity contribution in [3.8, 4) is 0 Å². The van der Waals surface area contributed by atoms with Crippen LogP contribution in [0.2, 0.25) is 15.1 Å². The van der Waals surface area contributed by atoms with Crippen LogP contribution in [0.3, 0.4) is 0 Å². The second-order valence-electron chi connectivity index (χ2n) is 7.95. The first kappa shape index (κ1) is 30.0. The van der Waals surface area contributed by atoms with Crippen LogP contribution < -0.4 is 5.32 Å². The summed E-state index contributed by atoms with van der Waals surface area (Å²) in [6, 6.07) is 1.85. The molecule has 2 atom stereocenters. The molecule has 0 aromatic heterocycles. The molecule has 0 radical (unpaired) electrons. The number of nitrogens with one attached hydrogen (secondary N) is 1. The van der Waals surface area contributed by atoms with Gasteiger partial charge in [-0.15, -0.1) is 0 Å². The minimum absolute atomic E-state index is 0.0546. The lowest BCUT2D eigenvalue weighted by Crippen LogP contribution is -2.43. The molecule has 2 aromatic carbocycles. The van der Waals surface area contributed by atoms with Crippen LogP contribution in [0.4, 0.5) is 30.7 Å². The standard InChI is InChI=1S/C23H16Cl3F7N2O3/c1-2-35-21(37)18(9-38-35)34-20(36)12-4-3-10(5-14(12)23(31,32)33)17(27)8-13(22(28,29)30)11-6-15(24)19(26)16(25)7-11/h3-8,13,18H,2,9H2,1H3,(H,34,36)/b17-8-/t13?,18-/m1/s1. The Morgan fingerprint density at radius 2 is 1.74 bits per heavy atom. The van der Waals surface area contributed by atoms with Crippen LogP contribution in [0.25, 0.3) is 5.83 Å². The summed E-state index contributed by atoms with van der Waals surface area (Å²) in [5.74, 6) is -6.31. The SMILES string of the molecule is CCN1OC[C@@H](NC(=O)c2ccc(/C(F)=C/C(c3cc(Cl)c(Cl)c(Cl)c3)C(F)(F)F)cc2C(F)(F)F)C1=O. The molecule has 1 aliphatic heterocycles. The van der Waals surface area contributed by atoms with Gasteiger partial charge in [-0.25, -0.2) is 9.45 Å². The quantitative estimate of drug-likeness (QED) is 0.279. The number of benzene rings is 2. The largest absolute Gasteiger partial charge is 0.417 e. The fraction of sp³-hybridized carbons (Fsp3) is 0.304. The van der Waals surface area contributed by atoms with Gasteiger partial charge in [-0.1, -0.05) is 40.9 Å². The molecule has 2 amide bonds. The number of halogens is 10. The number of likely N-dealkylation sites (N-methyl/N-ethyl adjacent to an activating group) is 1. The Bertz CT molecular complexity index is 1260. The third-order valence-corrected chi connectivity index (χ3v) is 6.61. The fourth-order valence-corrected chi connectivity index (χ4v) is 4.18. The monoisotopic (exact) mass is 606 g/mol. The van der Waals surface area contributed by atoms with E-state index in [9.17, 15) is 40.3 Å². The summed E-state index contributed by atoms with van der Waals surface area (Å²) < 4.78 is 97.5. The van der Waals surface area contributed by atoms with Crippen LogP contribution >= 0.6 is 34.8 Å². The second kappa shape index (κ2) is 11.3. The highest BCUT2D eigenvalue weighted by molar-refractivity contribution is 6.48. The lowest BCUT2D eigenvalue weighted by Gasteiger charge is -2.19. The van der Waals surface area contributed by atoms with Gasteiger partial charge in [0, 0.05) is 12.1 Å². The van der Waals surface area contributed by atoms with Gasteiger partial charge in [0.05, 0.1) is 26.2 Å². The van der Waals surface area contributed by atoms with Gasteiger partial charge in [0.25, 0.3) is 11.8 Å². The molecular weight excluding hydrogens is 592 g/mol. The molecule has 15 heteroatoms. The molecule has 1 heterocycles. The van der Waals surface area contributed by atoms with E-state index in [1.54, 1.807) is 6.92 Å². The maximum Gasteiger partial charge on any atom is 0.417 e. The normalized spacial score (nSPS) is 17.7. The fourth-order valence-electron chi connectivity index (χ4n) is 3.56. The van der Waals surface area contributed by atoms with Gasteiger partial charge in [-0.2, -0.15) is 26.3 Å². The molecule has 0 saturated carbocycles. The Morgan fingerprint density at radius 1 is 1.13 bits per heavy atom. The number of nitrogens with zero attached hydrogens (tertiary/aromatic N) is 1. The summed E-state index contributed by atoms with van der Waals surface area (Å²) in [4.78, 5) is 29.6. The molecular formula is C23H16Cl3F7N2O3. The molecule has 0 bridgehead atoms. The Labute approximate surface area is 226 Å². The first-order valence-electron chi connectivity index (χ1n) is 10.6. The summed E-state index contributed by atoms with van der Waals surface area (Å²) in [7, 11) is 0. The van der Waals surface area contributed by atoms with Crippen molar-refractivity contribution in [1.29, 1.82) is 0 Å². The number of hydrogen-bond donors (Lipinski definition) is 1. The summed E-state index contributed by atoms with van der Waals surface area (Å²) in [5.41, 5.74) is -4.09. The van der Waals surface area contributed by atoms with E-state index in [1.165, 1.54) is 0 Å². The second-order valence-corrected chi connectivity index (χ2v) is 9.14. The van der Waals surface area contributed by atoms with Gasteiger partial charge in [-0.05, 0) is 42.8 Å². The van der Waals surface area contributed by atoms with E-state index < -0.39 is 64.2 Å². The van der Waals surface area contributed by atoms with Crippen molar-refractivity contribution < 1.29 is 45.2 Å². The molecule has 0 spiro atoms. The van der Waals surface area contributed by atoms with Crippen molar-refractivity contribution >= 4 is 52.4 Å². The first-order valence-corrected chi connectivity index (χ1v) is 11.7. The Kier molecular flexibility index (Phi) is 8.91. The third-order valence-electron chi connectivity index (χ3n) is 5.41. The zero-order valence-corrected chi connectivity index (χ0v) is 21.3. The van der Waals surface area contributed by atoms with Crippen LogP contribution in [0.15, 0.2) is 36.4 Å². The van der Waals surface area contributed by atoms with Gasteiger partial charge in [0.15, 0.2) is 0 Å². The van der Waals surface area contributed by atoms with E-state index in [1.807, 2.05) is 0 Å². The molecule has 1 fully saturated rings. The van der Waals surface area contributed by atoms with Crippen molar-refractivity contribution in [3.63, 3.8) is 0 Å². The van der Waals surface area contributed by atoms with Crippen LogP contribution in [0.1, 0.15) is 39.9 Å². The van der Waals surface area contributed by atoms with E-state index in [2.05, 4.69) is 5.32 Å². The molecule has 3 rings (SSSR count). The number of rotatable bonds is 6. The predicted molar refractivity (Wildman–Crippen MR) is 125 cm³/mol. The lowest BCUT2D eigenvalue weighted by atomic mass is 9.95. The molecule has 2 aromatic rings. The molecule has 206 valence electrons. The Balaban J connectivity index is 1.99. The van der Waals surface area contributed by atoms with E-state index >= 15 is 0 Å². The van der Waals surface area contributed by atoms with E-state index in [4.69, 9.17) is 39.6 Å². The van der Waals surface area contributed by atoms with Crippen molar-refractivity contribution in [1.82, 2.24) is 10.4 Å². The van der Waals surface area contributed by atoms with Gasteiger partial charge in [0.2, 0.25) is 0 Å². The summed E-state index contributed by atoms with van der Waals surface area (Å²) in [6.45, 7) is 1.39. The molecule has 0 aliphatic carbocycles. The van der Waals surface area contributed by atoms with E-state index in [0.717, 1.165) is 17.2 Å². The van der Waals surface area contributed by atoms with E-state index in [0.29, 0.717) is 12.1 Å². The van der Waals surface area contributed by atoms with Crippen LogP contribution in [0, 0.1) is 0 Å². The number of carbonyl (C=O) groups is 2. The van der Waals surface area contributed by atoms with Crippen LogP contribution in [-0.4, -0.2) is 42.2 Å². The average Bonchev–Trinajstić information content (AvgIpc) is 3.17. The van der Waals surface area contributed by atoms with Gasteiger partial charge >= 0.3 is 12.4 Å². The smallest absolute Gasteiger partial charge is 0.338 e. The Morgan fingerprint density at radius 3 is 2.24 bits per heavy atom. The van der Waals surface area contributed by atoms with Crippen molar-refractivity contribution in [2.45, 2.75) is 31.2 Å². The molecule has 1 unspecified atom stereocenters. The van der Waals surface area contributed by atoms with Crippen LogP contribution in [-0.2, 0) is 15.8 Å². The zero-order chi connectivity index (χ0) is 28.6. The highest BCUT2D eigenvalue weighted by Crippen LogP contribution is 2.42. The lowest BCUT2D eigenvalue weighted by molar-refractivity contribution is -0.160. The number of allylic oxidation sites excluding steroid dienone is 1. The summed E-state index contributed by atoms with van der Waals surface area (Å²) >= 11 is 17.3. The van der Waals surface area contributed by atoms with Crippen molar-refractivity contribution in [2.24, 2.45) is 0 Å². The first-order chi connectivity index (χ1) is 17.5. The number of amides is 2. The van der Waals surface area contributed by atoms with Gasteiger partial charge in [0.1, 0.15) is 24.4 Å². The number of hydrogen-bond acceptors (Lipinski definition) is 3. The number of carbonyl (C=O) groups excluding carboxylic acids is 2. The predicted octanol–water partition coefficient (Wildman–Crippen LogP) is 7.21. The van der Waals surface area contributed by atoms with Gasteiger partial charge < -0.3 is 5.32 Å². The van der Waals surface area contributed by atoms with E-state index in [-0.39, 0.29) is 40.4 Å². The van der Waals surface area contributed by atoms with Crippen molar-refractivity contribution in [3.05, 3.63) is 73.7 Å². The molecule has 1 N–H and O–H groups in total. The number of hydroxylamine groups is 2. The minimum Gasteiger partial charge on any atom is -0.338 e. The molecule has 5 nitrogen and oxygen atoms in total. The molecule has 1 aliphatic rings. The Hall–Kier alpha value is -2.54. The highest BCUT2D eigenvalue weighted by atomic mass is 35.5. The van der Waals surface area contributed by atoms with Crippen molar-refractivity contribution in [2.75, 3.05) is 13.2 Å². The topological polar surface area (TPSA) is 58.6 Å². The summed E-state index contributed by atoms with van der Waals surface area (Å²) in [5, 5.41) is 2.09. The third kappa shape index (κ3) is 6.53. The average molecular weight is 608 g/mol. The van der Waals surface area contributed by atoms with Gasteiger partial charge in [-0.3, -0.25) is 14.4 Å². The maximum absolute atomic E-state index is 15.0. The minimum atomic E-state index is -5.20. The molecule has 38 heavy (non-hydrogen) atoms. The maximum atomic E-state index is 15.0. The summed E-state index contributed by atoms with van der Waals surface area (Å²) in [6.07, 6.45) is -10.2. The molecule has 1 saturated heterocycles. The zero-order valence-electron chi connectivity index (χ0n) is 19.0.